The van der Waals surface area contributed by atoms with Crippen molar-refractivity contribution in [2.75, 3.05) is 7.11 Å². The van der Waals surface area contributed by atoms with E-state index in [4.69, 9.17) is 4.74 Å². The van der Waals surface area contributed by atoms with Gasteiger partial charge in [-0.1, -0.05) is 31.2 Å². The van der Waals surface area contributed by atoms with Crippen LogP contribution >= 0.6 is 0 Å². The molecule has 0 saturated heterocycles. The molecule has 0 spiro atoms. The van der Waals surface area contributed by atoms with E-state index in [-0.39, 0.29) is 11.9 Å². The molecule has 1 atom stereocenters. The molecule has 1 aromatic carbocycles. The Morgan fingerprint density at radius 3 is 2.52 bits per heavy atom. The third-order valence-electron chi connectivity index (χ3n) is 4.68. The van der Waals surface area contributed by atoms with Crippen molar-refractivity contribution in [2.24, 2.45) is 0 Å². The molecule has 0 radical (unpaired) electrons. The van der Waals surface area contributed by atoms with Gasteiger partial charge < -0.3 is 9.30 Å². The number of esters is 1. The van der Waals surface area contributed by atoms with Crippen LogP contribution in [-0.4, -0.2) is 27.8 Å². The normalized spacial score (nSPS) is 15.4. The van der Waals surface area contributed by atoms with E-state index in [9.17, 15) is 4.79 Å². The Morgan fingerprint density at radius 2 is 1.96 bits per heavy atom. The van der Waals surface area contributed by atoms with Gasteiger partial charge in [-0.15, -0.1) is 10.2 Å². The van der Waals surface area contributed by atoms with E-state index in [1.54, 1.807) is 0 Å². The number of carbonyl (C=O) groups is 1. The molecule has 1 aliphatic carbocycles. The first-order chi connectivity index (χ1) is 11.1. The quantitative estimate of drug-likeness (QED) is 0.797. The number of methoxy groups -OCH3 is 1. The molecule has 0 bridgehead atoms. The Bertz CT molecular complexity index is 683. The van der Waals surface area contributed by atoms with Crippen molar-refractivity contribution in [1.82, 2.24) is 14.8 Å². The highest BCUT2D eigenvalue weighted by molar-refractivity contribution is 5.70. The SMILES string of the molecule is CCn1c(C2Cc3ccccc3C2)nnc1[C@H](C)CC(=O)OC. The Morgan fingerprint density at radius 1 is 1.30 bits per heavy atom. The van der Waals surface area contributed by atoms with Crippen molar-refractivity contribution in [3.05, 3.63) is 47.0 Å². The van der Waals surface area contributed by atoms with E-state index in [0.717, 1.165) is 31.0 Å². The predicted octanol–water partition coefficient (Wildman–Crippen LogP) is 2.85. The summed E-state index contributed by atoms with van der Waals surface area (Å²) in [6.45, 7) is 4.92. The van der Waals surface area contributed by atoms with E-state index in [1.807, 2.05) is 6.92 Å². The number of rotatable bonds is 5. The van der Waals surface area contributed by atoms with E-state index in [0.29, 0.717) is 12.3 Å². The van der Waals surface area contributed by atoms with Crippen LogP contribution in [0.5, 0.6) is 0 Å². The van der Waals surface area contributed by atoms with Crippen molar-refractivity contribution in [1.29, 1.82) is 0 Å². The third kappa shape index (κ3) is 3.00. The molecule has 5 nitrogen and oxygen atoms in total. The fourth-order valence-electron chi connectivity index (χ4n) is 3.48. The minimum absolute atomic E-state index is 0.00688. The molecule has 0 aliphatic heterocycles. The first-order valence-electron chi connectivity index (χ1n) is 8.20. The Hall–Kier alpha value is -2.17. The van der Waals surface area contributed by atoms with E-state index < -0.39 is 0 Å². The van der Waals surface area contributed by atoms with Crippen LogP contribution in [0, 0.1) is 0 Å². The minimum Gasteiger partial charge on any atom is -0.469 e. The average Bonchev–Trinajstić information content (AvgIpc) is 3.17. The maximum atomic E-state index is 11.5. The van der Waals surface area contributed by atoms with Gasteiger partial charge in [0.25, 0.3) is 0 Å². The molecule has 0 unspecified atom stereocenters. The van der Waals surface area contributed by atoms with Crippen molar-refractivity contribution in [3.63, 3.8) is 0 Å². The largest absolute Gasteiger partial charge is 0.469 e. The molecule has 122 valence electrons. The summed E-state index contributed by atoms with van der Waals surface area (Å²) >= 11 is 0. The van der Waals surface area contributed by atoms with Gasteiger partial charge in [-0.2, -0.15) is 0 Å². The van der Waals surface area contributed by atoms with Gasteiger partial charge in [0.1, 0.15) is 11.6 Å². The second-order valence-electron chi connectivity index (χ2n) is 6.22. The third-order valence-corrected chi connectivity index (χ3v) is 4.68. The van der Waals surface area contributed by atoms with E-state index >= 15 is 0 Å². The fourth-order valence-corrected chi connectivity index (χ4v) is 3.48. The van der Waals surface area contributed by atoms with Crippen molar-refractivity contribution in [2.45, 2.75) is 51.5 Å². The summed E-state index contributed by atoms with van der Waals surface area (Å²) in [5.41, 5.74) is 2.82. The van der Waals surface area contributed by atoms with Gasteiger partial charge in [0.05, 0.1) is 13.5 Å². The highest BCUT2D eigenvalue weighted by Crippen LogP contribution is 2.34. The van der Waals surface area contributed by atoms with Crippen LogP contribution in [0.4, 0.5) is 0 Å². The van der Waals surface area contributed by atoms with Crippen LogP contribution in [0.25, 0.3) is 0 Å². The first kappa shape index (κ1) is 15.7. The molecule has 1 aromatic heterocycles. The van der Waals surface area contributed by atoms with E-state index in [1.165, 1.54) is 18.2 Å². The van der Waals surface area contributed by atoms with Gasteiger partial charge in [-0.25, -0.2) is 0 Å². The van der Waals surface area contributed by atoms with Crippen molar-refractivity contribution in [3.8, 4) is 0 Å². The summed E-state index contributed by atoms with van der Waals surface area (Å²) in [7, 11) is 1.42. The van der Waals surface area contributed by atoms with Gasteiger partial charge in [0.2, 0.25) is 0 Å². The molecular formula is C18H23N3O2. The lowest BCUT2D eigenvalue weighted by Gasteiger charge is -2.15. The maximum absolute atomic E-state index is 11.5. The van der Waals surface area contributed by atoms with Crippen LogP contribution in [0.3, 0.4) is 0 Å². The zero-order valence-corrected chi connectivity index (χ0v) is 14.0. The highest BCUT2D eigenvalue weighted by atomic mass is 16.5. The minimum atomic E-state index is -0.210. The number of nitrogens with zero attached hydrogens (tertiary/aromatic N) is 3. The summed E-state index contributed by atoms with van der Waals surface area (Å²) in [5, 5.41) is 8.85. The standard InChI is InChI=1S/C18H23N3O2/c1-4-21-17(12(2)9-16(22)23-3)19-20-18(21)15-10-13-7-5-6-8-14(13)11-15/h5-8,12,15H,4,9-11H2,1-3H3/t12-/m1/s1. The summed E-state index contributed by atoms with van der Waals surface area (Å²) in [5.74, 6) is 2.09. The maximum Gasteiger partial charge on any atom is 0.306 e. The van der Waals surface area contributed by atoms with Gasteiger partial charge in [-0.3, -0.25) is 4.79 Å². The average molecular weight is 313 g/mol. The molecule has 0 amide bonds. The Labute approximate surface area is 136 Å². The molecule has 1 aliphatic rings. The van der Waals surface area contributed by atoms with Crippen LogP contribution < -0.4 is 0 Å². The van der Waals surface area contributed by atoms with Gasteiger partial charge >= 0.3 is 5.97 Å². The second kappa shape index (κ2) is 6.52. The number of carbonyl (C=O) groups excluding carboxylic acids is 1. The smallest absolute Gasteiger partial charge is 0.306 e. The Balaban J connectivity index is 1.84. The number of hydrogen-bond donors (Lipinski definition) is 0. The zero-order chi connectivity index (χ0) is 16.4. The topological polar surface area (TPSA) is 57.0 Å². The van der Waals surface area contributed by atoms with Crippen LogP contribution in [0.1, 0.15) is 54.9 Å². The lowest BCUT2D eigenvalue weighted by molar-refractivity contribution is -0.141. The number of ether oxygens (including phenoxy) is 1. The second-order valence-corrected chi connectivity index (χ2v) is 6.22. The van der Waals surface area contributed by atoms with E-state index in [2.05, 4.69) is 46.0 Å². The molecule has 5 heteroatoms. The number of benzene rings is 1. The van der Waals surface area contributed by atoms with Crippen LogP contribution in [0.15, 0.2) is 24.3 Å². The zero-order valence-electron chi connectivity index (χ0n) is 14.0. The summed E-state index contributed by atoms with van der Waals surface area (Å²) in [6.07, 6.45) is 2.36. The molecule has 2 aromatic rings. The first-order valence-corrected chi connectivity index (χ1v) is 8.20. The highest BCUT2D eigenvalue weighted by Gasteiger charge is 2.29. The summed E-state index contributed by atoms with van der Waals surface area (Å²) in [4.78, 5) is 11.5. The molecule has 0 N–H and O–H groups in total. The van der Waals surface area contributed by atoms with Crippen molar-refractivity contribution < 1.29 is 9.53 Å². The number of aromatic nitrogens is 3. The molecule has 0 fully saturated rings. The van der Waals surface area contributed by atoms with Crippen LogP contribution in [0.2, 0.25) is 0 Å². The lowest BCUT2D eigenvalue weighted by atomic mass is 10.0. The number of hydrogen-bond acceptors (Lipinski definition) is 4. The monoisotopic (exact) mass is 313 g/mol. The van der Waals surface area contributed by atoms with Gasteiger partial charge in [-0.05, 0) is 30.9 Å². The Kier molecular flexibility index (Phi) is 4.46. The molecule has 1 heterocycles. The summed E-state index contributed by atoms with van der Waals surface area (Å²) in [6, 6.07) is 8.58. The fraction of sp³-hybridized carbons (Fsp3) is 0.500. The predicted molar refractivity (Wildman–Crippen MR) is 87.3 cm³/mol. The lowest BCUT2D eigenvalue weighted by Crippen LogP contribution is -2.14. The van der Waals surface area contributed by atoms with Gasteiger partial charge in [0, 0.05) is 18.4 Å². The van der Waals surface area contributed by atoms with Crippen molar-refractivity contribution >= 4 is 5.97 Å². The summed E-state index contributed by atoms with van der Waals surface area (Å²) < 4.78 is 6.94. The molecule has 23 heavy (non-hydrogen) atoms. The molecular weight excluding hydrogens is 290 g/mol. The van der Waals surface area contributed by atoms with Gasteiger partial charge in [0.15, 0.2) is 0 Å². The molecule has 3 rings (SSSR count). The molecule has 0 saturated carbocycles. The number of fused-ring (bicyclic) bond motifs is 1. The van der Waals surface area contributed by atoms with Crippen LogP contribution in [-0.2, 0) is 28.9 Å².